The average molecular weight is 427 g/mol. The van der Waals surface area contributed by atoms with Gasteiger partial charge in [-0.15, -0.1) is 11.3 Å². The summed E-state index contributed by atoms with van der Waals surface area (Å²) in [4.78, 5) is 16.6. The molecule has 148 valence electrons. The number of aromatic nitrogens is 1. The third kappa shape index (κ3) is 8.20. The maximum atomic E-state index is 12.1. The third-order valence-corrected chi connectivity index (χ3v) is 5.97. The molecule has 0 saturated heterocycles. The smallest absolute Gasteiger partial charge is 0.226 e. The first-order valence-electron chi connectivity index (χ1n) is 9.81. The number of rotatable bonds is 12. The number of carbonyl (C=O) groups is 1. The fraction of sp³-hybridized carbons (Fsp3) is 0.524. The summed E-state index contributed by atoms with van der Waals surface area (Å²) in [7, 11) is 0. The van der Waals surface area contributed by atoms with Crippen molar-refractivity contribution in [2.75, 3.05) is 5.32 Å². The summed E-state index contributed by atoms with van der Waals surface area (Å²) in [5.41, 5.74) is 1.68. The van der Waals surface area contributed by atoms with Gasteiger partial charge in [0.05, 0.1) is 15.7 Å². The van der Waals surface area contributed by atoms with Crippen molar-refractivity contribution < 1.29 is 4.79 Å². The highest BCUT2D eigenvalue weighted by atomic mass is 35.5. The summed E-state index contributed by atoms with van der Waals surface area (Å²) < 4.78 is 0. The second-order valence-electron chi connectivity index (χ2n) is 6.79. The average Bonchev–Trinajstić information content (AvgIpc) is 3.11. The maximum absolute atomic E-state index is 12.1. The van der Waals surface area contributed by atoms with Gasteiger partial charge in [0.1, 0.15) is 0 Å². The van der Waals surface area contributed by atoms with Crippen LogP contribution in [0.5, 0.6) is 0 Å². The Labute approximate surface area is 176 Å². The van der Waals surface area contributed by atoms with E-state index in [1.165, 1.54) is 56.3 Å². The monoisotopic (exact) mass is 426 g/mol. The minimum absolute atomic E-state index is 0.0352. The van der Waals surface area contributed by atoms with Crippen LogP contribution in [0, 0.1) is 0 Å². The van der Waals surface area contributed by atoms with Gasteiger partial charge in [0, 0.05) is 17.4 Å². The van der Waals surface area contributed by atoms with Crippen molar-refractivity contribution in [1.29, 1.82) is 0 Å². The number of hydrogen-bond acceptors (Lipinski definition) is 3. The Morgan fingerprint density at radius 1 is 1.00 bits per heavy atom. The van der Waals surface area contributed by atoms with E-state index in [9.17, 15) is 4.79 Å². The van der Waals surface area contributed by atoms with E-state index < -0.39 is 0 Å². The standard InChI is InChI=1S/C21H28Cl2N2OS/c1-2-3-4-5-6-7-8-9-10-11-20(26)25-21-24-19(15-27-21)16-12-13-17(22)18(23)14-16/h12-15H,2-11H2,1H3,(H,24,25,26). The topological polar surface area (TPSA) is 42.0 Å². The molecule has 3 nitrogen and oxygen atoms in total. The van der Waals surface area contributed by atoms with Gasteiger partial charge in [-0.25, -0.2) is 4.98 Å². The highest BCUT2D eigenvalue weighted by Gasteiger charge is 2.09. The van der Waals surface area contributed by atoms with E-state index >= 15 is 0 Å². The van der Waals surface area contributed by atoms with Gasteiger partial charge < -0.3 is 5.32 Å². The van der Waals surface area contributed by atoms with Crippen LogP contribution in [0.4, 0.5) is 5.13 Å². The Kier molecular flexibility index (Phi) is 10.2. The summed E-state index contributed by atoms with van der Waals surface area (Å²) in [5, 5.41) is 6.44. The van der Waals surface area contributed by atoms with Crippen molar-refractivity contribution in [2.45, 2.75) is 71.1 Å². The van der Waals surface area contributed by atoms with Gasteiger partial charge in [-0.2, -0.15) is 0 Å². The largest absolute Gasteiger partial charge is 0.302 e. The first-order valence-corrected chi connectivity index (χ1v) is 11.4. The number of halogens is 2. The van der Waals surface area contributed by atoms with Crippen molar-refractivity contribution in [2.24, 2.45) is 0 Å². The number of thiazole rings is 1. The highest BCUT2D eigenvalue weighted by Crippen LogP contribution is 2.30. The van der Waals surface area contributed by atoms with Crippen LogP contribution in [0.1, 0.15) is 71.1 Å². The molecule has 0 fully saturated rings. The maximum Gasteiger partial charge on any atom is 0.226 e. The lowest BCUT2D eigenvalue weighted by atomic mass is 10.1. The summed E-state index contributed by atoms with van der Waals surface area (Å²) in [5.74, 6) is 0.0352. The second-order valence-corrected chi connectivity index (χ2v) is 8.47. The zero-order valence-electron chi connectivity index (χ0n) is 15.9. The van der Waals surface area contributed by atoms with E-state index in [2.05, 4.69) is 17.2 Å². The normalized spacial score (nSPS) is 10.9. The molecule has 0 aliphatic heterocycles. The molecule has 0 unspecified atom stereocenters. The summed E-state index contributed by atoms with van der Waals surface area (Å²) >= 11 is 13.4. The molecule has 0 saturated carbocycles. The van der Waals surface area contributed by atoms with Crippen molar-refractivity contribution in [1.82, 2.24) is 4.98 Å². The zero-order chi connectivity index (χ0) is 19.5. The van der Waals surface area contributed by atoms with Crippen molar-refractivity contribution in [3.8, 4) is 11.3 Å². The van der Waals surface area contributed by atoms with Crippen molar-refractivity contribution in [3.05, 3.63) is 33.6 Å². The molecule has 1 N–H and O–H groups in total. The molecule has 0 atom stereocenters. The fourth-order valence-corrected chi connectivity index (χ4v) is 3.93. The van der Waals surface area contributed by atoms with E-state index in [1.54, 1.807) is 12.1 Å². The number of hydrogen-bond donors (Lipinski definition) is 1. The molecule has 1 aromatic heterocycles. The molecule has 1 heterocycles. The van der Waals surface area contributed by atoms with Gasteiger partial charge in [0.25, 0.3) is 0 Å². The van der Waals surface area contributed by atoms with Crippen LogP contribution in [0.15, 0.2) is 23.6 Å². The summed E-state index contributed by atoms with van der Waals surface area (Å²) in [6.07, 6.45) is 11.8. The molecule has 0 spiro atoms. The Morgan fingerprint density at radius 2 is 1.67 bits per heavy atom. The molecular weight excluding hydrogens is 399 g/mol. The van der Waals surface area contributed by atoms with Crippen LogP contribution in [-0.4, -0.2) is 10.9 Å². The van der Waals surface area contributed by atoms with Gasteiger partial charge >= 0.3 is 0 Å². The molecular formula is C21H28Cl2N2OS. The number of amides is 1. The highest BCUT2D eigenvalue weighted by molar-refractivity contribution is 7.14. The van der Waals surface area contributed by atoms with Gasteiger partial charge in [-0.1, -0.05) is 87.6 Å². The number of carbonyl (C=O) groups excluding carboxylic acids is 1. The molecule has 1 aromatic carbocycles. The Bertz CT molecular complexity index is 718. The second kappa shape index (κ2) is 12.4. The molecule has 6 heteroatoms. The third-order valence-electron chi connectivity index (χ3n) is 4.47. The zero-order valence-corrected chi connectivity index (χ0v) is 18.2. The van der Waals surface area contributed by atoms with Gasteiger partial charge in [-0.3, -0.25) is 4.79 Å². The van der Waals surface area contributed by atoms with E-state index in [0.717, 1.165) is 24.1 Å². The first-order chi connectivity index (χ1) is 13.1. The van der Waals surface area contributed by atoms with E-state index in [0.29, 0.717) is 21.6 Å². The molecule has 0 aliphatic carbocycles. The fourth-order valence-electron chi connectivity index (χ4n) is 2.90. The Balaban J connectivity index is 1.65. The van der Waals surface area contributed by atoms with Crippen LogP contribution in [0.25, 0.3) is 11.3 Å². The summed E-state index contributed by atoms with van der Waals surface area (Å²) in [6.45, 7) is 2.24. The van der Waals surface area contributed by atoms with Crippen LogP contribution in [0.3, 0.4) is 0 Å². The molecule has 2 rings (SSSR count). The van der Waals surface area contributed by atoms with Crippen LogP contribution < -0.4 is 5.32 Å². The number of unbranched alkanes of at least 4 members (excludes halogenated alkanes) is 8. The van der Waals surface area contributed by atoms with Crippen LogP contribution in [-0.2, 0) is 4.79 Å². The van der Waals surface area contributed by atoms with E-state index in [-0.39, 0.29) is 5.91 Å². The van der Waals surface area contributed by atoms with Crippen LogP contribution >= 0.6 is 34.5 Å². The van der Waals surface area contributed by atoms with Gasteiger partial charge in [0.2, 0.25) is 5.91 Å². The van der Waals surface area contributed by atoms with Crippen LogP contribution in [0.2, 0.25) is 10.0 Å². The molecule has 0 bridgehead atoms. The predicted octanol–water partition coefficient (Wildman–Crippen LogP) is 7.98. The number of benzene rings is 1. The quantitative estimate of drug-likeness (QED) is 0.349. The first kappa shape index (κ1) is 22.2. The summed E-state index contributed by atoms with van der Waals surface area (Å²) in [6, 6.07) is 5.41. The molecule has 1 amide bonds. The van der Waals surface area contributed by atoms with Gasteiger partial charge in [-0.05, 0) is 18.6 Å². The number of nitrogens with zero attached hydrogens (tertiary/aromatic N) is 1. The van der Waals surface area contributed by atoms with E-state index in [1.807, 2.05) is 11.4 Å². The van der Waals surface area contributed by atoms with Crippen molar-refractivity contribution >= 4 is 45.6 Å². The Hall–Kier alpha value is -1.10. The lowest BCUT2D eigenvalue weighted by molar-refractivity contribution is -0.116. The number of anilines is 1. The molecule has 0 aliphatic rings. The SMILES string of the molecule is CCCCCCCCCCCC(=O)Nc1nc(-c2ccc(Cl)c(Cl)c2)cs1. The van der Waals surface area contributed by atoms with E-state index in [4.69, 9.17) is 23.2 Å². The van der Waals surface area contributed by atoms with Crippen molar-refractivity contribution in [3.63, 3.8) is 0 Å². The minimum Gasteiger partial charge on any atom is -0.302 e. The molecule has 27 heavy (non-hydrogen) atoms. The molecule has 2 aromatic rings. The predicted molar refractivity (Wildman–Crippen MR) is 118 cm³/mol. The van der Waals surface area contributed by atoms with Gasteiger partial charge in [0.15, 0.2) is 5.13 Å². The minimum atomic E-state index is 0.0352. The molecule has 0 radical (unpaired) electrons. The lowest BCUT2D eigenvalue weighted by Crippen LogP contribution is -2.10. The Morgan fingerprint density at radius 3 is 2.33 bits per heavy atom. The number of nitrogens with one attached hydrogen (secondary N) is 1. The lowest BCUT2D eigenvalue weighted by Gasteiger charge is -2.03.